The Bertz CT molecular complexity index is 1040. The van der Waals surface area contributed by atoms with Gasteiger partial charge in [-0.05, 0) is 43.0 Å². The predicted molar refractivity (Wildman–Crippen MR) is 104 cm³/mol. The monoisotopic (exact) mass is 370 g/mol. The highest BCUT2D eigenvalue weighted by Crippen LogP contribution is 2.26. The number of nitrogens with zero attached hydrogens (tertiary/aromatic N) is 1. The number of fused-ring (bicyclic) bond motifs is 1. The lowest BCUT2D eigenvalue weighted by atomic mass is 10.0. The Kier molecular flexibility index (Phi) is 5.00. The molecule has 0 spiro atoms. The summed E-state index contributed by atoms with van der Waals surface area (Å²) in [5, 5.41) is 10.2. The van der Waals surface area contributed by atoms with E-state index in [-0.39, 0.29) is 5.82 Å². The van der Waals surface area contributed by atoms with Gasteiger partial charge in [-0.15, -0.1) is 0 Å². The van der Waals surface area contributed by atoms with Crippen LogP contribution in [0.1, 0.15) is 28.4 Å². The molecule has 0 saturated heterocycles. The smallest absolute Gasteiger partial charge is 0.343 e. The minimum Gasteiger partial charge on any atom is -0.477 e. The highest BCUT2D eigenvalue weighted by molar-refractivity contribution is 6.32. The van der Waals surface area contributed by atoms with Crippen LogP contribution in [0, 0.1) is 0 Å². The molecule has 6 heteroatoms. The van der Waals surface area contributed by atoms with Crippen molar-refractivity contribution in [2.24, 2.45) is 0 Å². The molecule has 0 aliphatic rings. The van der Waals surface area contributed by atoms with Crippen molar-refractivity contribution in [1.29, 1.82) is 0 Å². The molecule has 0 fully saturated rings. The summed E-state index contributed by atoms with van der Waals surface area (Å²) < 4.78 is 1.60. The van der Waals surface area contributed by atoms with Gasteiger partial charge in [0.25, 0.3) is 0 Å². The lowest BCUT2D eigenvalue weighted by molar-refractivity contribution is 0.0696. The number of aromatic nitrogens is 1. The third-order valence-electron chi connectivity index (χ3n) is 4.53. The molecule has 0 aliphatic carbocycles. The average Bonchev–Trinajstić information content (AvgIpc) is 2.61. The maximum absolute atomic E-state index is 12.7. The molecule has 0 radical (unpaired) electrons. The highest BCUT2D eigenvalue weighted by Gasteiger charge is 2.20. The molecule has 1 heterocycles. The van der Waals surface area contributed by atoms with Crippen LogP contribution in [0.2, 0.25) is 5.02 Å². The predicted octanol–water partition coefficient (Wildman–Crippen LogP) is 3.74. The fourth-order valence-corrected chi connectivity index (χ4v) is 3.44. The number of hydrogen-bond donors (Lipinski definition) is 2. The molecule has 2 aromatic carbocycles. The van der Waals surface area contributed by atoms with E-state index in [1.54, 1.807) is 16.7 Å². The number of nitrogen functional groups attached to an aromatic ring is 1. The van der Waals surface area contributed by atoms with Crippen molar-refractivity contribution in [3.8, 4) is 0 Å². The zero-order chi connectivity index (χ0) is 18.8. The number of anilines is 1. The van der Waals surface area contributed by atoms with Crippen LogP contribution in [0.15, 0.2) is 47.3 Å². The average molecular weight is 371 g/mol. The Labute approximate surface area is 155 Å². The molecule has 3 N–H and O–H groups in total. The maximum Gasteiger partial charge on any atom is 0.343 e. The summed E-state index contributed by atoms with van der Waals surface area (Å²) >= 11 is 6.43. The van der Waals surface area contributed by atoms with Crippen LogP contribution in [-0.2, 0) is 19.4 Å². The van der Waals surface area contributed by atoms with Crippen molar-refractivity contribution < 1.29 is 9.90 Å². The first-order valence-corrected chi connectivity index (χ1v) is 8.73. The van der Waals surface area contributed by atoms with Crippen LogP contribution in [0.25, 0.3) is 10.9 Å². The van der Waals surface area contributed by atoms with Crippen LogP contribution >= 0.6 is 11.6 Å². The van der Waals surface area contributed by atoms with E-state index in [1.807, 2.05) is 37.3 Å². The molecule has 0 bridgehead atoms. The van der Waals surface area contributed by atoms with Gasteiger partial charge in [0.2, 0.25) is 5.43 Å². The first-order valence-electron chi connectivity index (χ1n) is 8.35. The van der Waals surface area contributed by atoms with Crippen LogP contribution in [0.3, 0.4) is 0 Å². The van der Waals surface area contributed by atoms with E-state index in [0.717, 1.165) is 17.5 Å². The third-order valence-corrected chi connectivity index (χ3v) is 4.88. The molecule has 3 rings (SSSR count). The van der Waals surface area contributed by atoms with Crippen molar-refractivity contribution >= 4 is 34.3 Å². The second kappa shape index (κ2) is 7.22. The number of aryl methyl sites for hydroxylation is 3. The van der Waals surface area contributed by atoms with Gasteiger partial charge >= 0.3 is 5.97 Å². The number of halogens is 1. The number of benzene rings is 2. The van der Waals surface area contributed by atoms with E-state index in [4.69, 9.17) is 17.3 Å². The summed E-state index contributed by atoms with van der Waals surface area (Å²) in [7, 11) is 0. The van der Waals surface area contributed by atoms with Gasteiger partial charge in [-0.2, -0.15) is 0 Å². The summed E-state index contributed by atoms with van der Waals surface area (Å²) in [6.07, 6.45) is 1.42. The Hall–Kier alpha value is -2.79. The topological polar surface area (TPSA) is 85.3 Å². The Morgan fingerprint density at radius 3 is 2.50 bits per heavy atom. The molecule has 5 nitrogen and oxygen atoms in total. The number of carboxylic acids is 1. The molecule has 0 saturated carbocycles. The molecule has 0 atom stereocenters. The SMILES string of the molecule is CCn1c(N)c(C(=O)O)c(=O)c2cc(CCc3ccccc3)c(Cl)cc21. The number of hydrogen-bond acceptors (Lipinski definition) is 3. The van der Waals surface area contributed by atoms with Crippen molar-refractivity contribution in [3.63, 3.8) is 0 Å². The number of pyridine rings is 1. The molecule has 3 aromatic rings. The van der Waals surface area contributed by atoms with Gasteiger partial charge in [0.15, 0.2) is 0 Å². The van der Waals surface area contributed by atoms with Crippen LogP contribution in [0.4, 0.5) is 5.82 Å². The lowest BCUT2D eigenvalue weighted by Gasteiger charge is -2.16. The molecule has 134 valence electrons. The maximum atomic E-state index is 12.7. The standard InChI is InChI=1S/C20H19ClN2O3/c1-2-23-16-11-15(21)13(9-8-12-6-4-3-5-7-12)10-14(16)18(24)17(19(23)22)20(25)26/h3-7,10-11H,2,8-9,22H2,1H3,(H,25,26). The van der Waals surface area contributed by atoms with Gasteiger partial charge in [0.1, 0.15) is 11.4 Å². The van der Waals surface area contributed by atoms with Gasteiger partial charge in [0, 0.05) is 17.0 Å². The van der Waals surface area contributed by atoms with E-state index >= 15 is 0 Å². The van der Waals surface area contributed by atoms with E-state index in [2.05, 4.69) is 0 Å². The summed E-state index contributed by atoms with van der Waals surface area (Å²) in [5.74, 6) is -1.37. The molecule has 0 amide bonds. The van der Waals surface area contributed by atoms with E-state index in [1.165, 1.54) is 0 Å². The Morgan fingerprint density at radius 2 is 1.88 bits per heavy atom. The minimum atomic E-state index is -1.32. The normalized spacial score (nSPS) is 11.0. The third kappa shape index (κ3) is 3.18. The van der Waals surface area contributed by atoms with Crippen molar-refractivity contribution in [3.05, 3.63) is 74.4 Å². The lowest BCUT2D eigenvalue weighted by Crippen LogP contribution is -2.23. The molecule has 1 aromatic heterocycles. The summed E-state index contributed by atoms with van der Waals surface area (Å²) in [6.45, 7) is 2.27. The molecule has 0 unspecified atom stereocenters. The molecule has 26 heavy (non-hydrogen) atoms. The van der Waals surface area contributed by atoms with Crippen LogP contribution < -0.4 is 11.2 Å². The van der Waals surface area contributed by atoms with Gasteiger partial charge in [0.05, 0.1) is 5.52 Å². The molecule has 0 aliphatic heterocycles. The van der Waals surface area contributed by atoms with E-state index in [9.17, 15) is 14.7 Å². The Morgan fingerprint density at radius 1 is 1.19 bits per heavy atom. The van der Waals surface area contributed by atoms with Crippen LogP contribution in [0.5, 0.6) is 0 Å². The fourth-order valence-electron chi connectivity index (χ4n) is 3.19. The van der Waals surface area contributed by atoms with E-state index in [0.29, 0.717) is 28.9 Å². The Balaban J connectivity index is 2.14. The van der Waals surface area contributed by atoms with Gasteiger partial charge < -0.3 is 15.4 Å². The minimum absolute atomic E-state index is 0.0504. The second-order valence-corrected chi connectivity index (χ2v) is 6.49. The van der Waals surface area contributed by atoms with Crippen molar-refractivity contribution in [2.45, 2.75) is 26.3 Å². The number of aromatic carboxylic acids is 1. The highest BCUT2D eigenvalue weighted by atomic mass is 35.5. The fraction of sp³-hybridized carbons (Fsp3) is 0.200. The quantitative estimate of drug-likeness (QED) is 0.716. The van der Waals surface area contributed by atoms with Crippen molar-refractivity contribution in [1.82, 2.24) is 4.57 Å². The number of carbonyl (C=O) groups is 1. The first kappa shape index (κ1) is 18.0. The van der Waals surface area contributed by atoms with E-state index < -0.39 is 17.0 Å². The zero-order valence-corrected chi connectivity index (χ0v) is 15.1. The summed E-state index contributed by atoms with van der Waals surface area (Å²) in [4.78, 5) is 24.2. The van der Waals surface area contributed by atoms with Gasteiger partial charge in [-0.1, -0.05) is 41.9 Å². The second-order valence-electron chi connectivity index (χ2n) is 6.09. The van der Waals surface area contributed by atoms with Gasteiger partial charge in [-0.3, -0.25) is 4.79 Å². The summed E-state index contributed by atoms with van der Waals surface area (Å²) in [6, 6.07) is 13.4. The molecular weight excluding hydrogens is 352 g/mol. The largest absolute Gasteiger partial charge is 0.477 e. The van der Waals surface area contributed by atoms with Crippen LogP contribution in [-0.4, -0.2) is 15.6 Å². The molecular formula is C20H19ClN2O3. The number of carboxylic acid groups (broad SMARTS) is 1. The van der Waals surface area contributed by atoms with Crippen molar-refractivity contribution in [2.75, 3.05) is 5.73 Å². The van der Waals surface area contributed by atoms with Gasteiger partial charge in [-0.25, -0.2) is 4.79 Å². The zero-order valence-electron chi connectivity index (χ0n) is 14.3. The number of rotatable bonds is 5. The first-order chi connectivity index (χ1) is 12.4. The number of nitrogens with two attached hydrogens (primary N) is 1. The summed E-state index contributed by atoms with van der Waals surface area (Å²) in [5.41, 5.74) is 7.48.